The fourth-order valence-electron chi connectivity index (χ4n) is 4.96. The zero-order valence-electron chi connectivity index (χ0n) is 21.0. The Hall–Kier alpha value is -3.33. The van der Waals surface area contributed by atoms with E-state index in [2.05, 4.69) is 9.88 Å². The van der Waals surface area contributed by atoms with Crippen LogP contribution in [-0.2, 0) is 29.1 Å². The molecule has 1 unspecified atom stereocenters. The third kappa shape index (κ3) is 4.26. The maximum Gasteiger partial charge on any atom is 0.329 e. The summed E-state index contributed by atoms with van der Waals surface area (Å²) in [6, 6.07) is 2.08. The Kier molecular flexibility index (Phi) is 7.22. The predicted molar refractivity (Wildman–Crippen MR) is 134 cm³/mol. The summed E-state index contributed by atoms with van der Waals surface area (Å²) in [6.07, 6.45) is 1.43. The highest BCUT2D eigenvalue weighted by molar-refractivity contribution is 7.77. The van der Waals surface area contributed by atoms with Gasteiger partial charge in [0.25, 0.3) is 0 Å². The molecule has 0 bridgehead atoms. The lowest BCUT2D eigenvalue weighted by atomic mass is 10.1. The molecule has 5 rings (SSSR count). The Balaban J connectivity index is 1.64. The first kappa shape index (κ1) is 26.3. The number of pyridine rings is 1. The van der Waals surface area contributed by atoms with Gasteiger partial charge in [-0.15, -0.1) is 0 Å². The number of hydrogen-bond acceptors (Lipinski definition) is 8. The van der Waals surface area contributed by atoms with Crippen LogP contribution in [0.1, 0.15) is 18.2 Å². The molecule has 0 aliphatic carbocycles. The van der Waals surface area contributed by atoms with Gasteiger partial charge in [-0.3, -0.25) is 22.9 Å². The average Bonchev–Trinajstić information content (AvgIpc) is 3.28. The van der Waals surface area contributed by atoms with Crippen molar-refractivity contribution in [3.8, 4) is 11.5 Å². The van der Waals surface area contributed by atoms with Crippen molar-refractivity contribution < 1.29 is 36.5 Å². The van der Waals surface area contributed by atoms with Crippen molar-refractivity contribution in [2.24, 2.45) is 0 Å². The quantitative estimate of drug-likeness (QED) is 0.413. The lowest BCUT2D eigenvalue weighted by Gasteiger charge is -2.37. The maximum absolute atomic E-state index is 15.3. The molecule has 14 heteroatoms. The van der Waals surface area contributed by atoms with Crippen molar-refractivity contribution in [1.29, 1.82) is 0 Å². The van der Waals surface area contributed by atoms with Crippen molar-refractivity contribution in [2.75, 3.05) is 56.9 Å². The van der Waals surface area contributed by atoms with Gasteiger partial charge < -0.3 is 18.8 Å². The zero-order valence-corrected chi connectivity index (χ0v) is 21.8. The zero-order chi connectivity index (χ0) is 27.1. The van der Waals surface area contributed by atoms with Gasteiger partial charge in [0.2, 0.25) is 0 Å². The van der Waals surface area contributed by atoms with Gasteiger partial charge in [0, 0.05) is 55.1 Å². The normalized spacial score (nSPS) is 17.2. The first-order valence-corrected chi connectivity index (χ1v) is 12.9. The number of urea groups is 1. The van der Waals surface area contributed by atoms with Crippen molar-refractivity contribution in [2.45, 2.75) is 20.0 Å². The summed E-state index contributed by atoms with van der Waals surface area (Å²) in [5.41, 5.74) is 0.979. The molecule has 0 N–H and O–H groups in total. The van der Waals surface area contributed by atoms with E-state index >= 15 is 8.78 Å². The third-order valence-corrected chi connectivity index (χ3v) is 7.45. The largest absolute Gasteiger partial charge is 0.755 e. The van der Waals surface area contributed by atoms with Crippen molar-refractivity contribution in [3.05, 3.63) is 41.2 Å². The first-order valence-electron chi connectivity index (χ1n) is 11.9. The molecule has 11 nitrogen and oxygen atoms in total. The smallest absolute Gasteiger partial charge is 0.329 e. The number of carbonyl (C=O) groups is 1. The summed E-state index contributed by atoms with van der Waals surface area (Å²) < 4.78 is 71.6. The van der Waals surface area contributed by atoms with Gasteiger partial charge >= 0.3 is 6.03 Å². The van der Waals surface area contributed by atoms with Crippen LogP contribution in [0.25, 0.3) is 11.0 Å². The summed E-state index contributed by atoms with van der Waals surface area (Å²) in [5, 5.41) is 0.453. The van der Waals surface area contributed by atoms with Gasteiger partial charge in [0.05, 0.1) is 50.9 Å². The van der Waals surface area contributed by atoms with Crippen molar-refractivity contribution >= 4 is 39.7 Å². The molecule has 2 aromatic heterocycles. The molecule has 1 aromatic carbocycles. The van der Waals surface area contributed by atoms with Crippen LogP contribution in [0.15, 0.2) is 18.3 Å². The molecule has 1 saturated heterocycles. The molecular formula is C24H26F2N5O6S-. The Morgan fingerprint density at radius 3 is 2.34 bits per heavy atom. The molecule has 38 heavy (non-hydrogen) atoms. The molecule has 1 fully saturated rings. The van der Waals surface area contributed by atoms with Crippen LogP contribution >= 0.6 is 0 Å². The van der Waals surface area contributed by atoms with Crippen LogP contribution < -0.4 is 19.3 Å². The van der Waals surface area contributed by atoms with Gasteiger partial charge in [0.15, 0.2) is 28.8 Å². The lowest BCUT2D eigenvalue weighted by Crippen LogP contribution is -2.48. The van der Waals surface area contributed by atoms with Gasteiger partial charge in [-0.25, -0.2) is 18.6 Å². The lowest BCUT2D eigenvalue weighted by molar-refractivity contribution is 0.0336. The van der Waals surface area contributed by atoms with Crippen molar-refractivity contribution in [3.63, 3.8) is 0 Å². The molecule has 204 valence electrons. The SMILES string of the molecule is CCN1C(=O)N(c2c(F)c(OC)cc(OC)c2F)Cc2cnc3c(cc(CN4CCOCC4)n3S(=O)[O-])c21. The third-order valence-electron chi connectivity index (χ3n) is 6.74. The number of anilines is 2. The minimum Gasteiger partial charge on any atom is -0.755 e. The fraction of sp³-hybridized carbons (Fsp3) is 0.417. The Bertz CT molecular complexity index is 1400. The number of fused-ring (bicyclic) bond motifs is 3. The Morgan fingerprint density at radius 2 is 1.76 bits per heavy atom. The molecule has 2 amide bonds. The molecule has 0 radical (unpaired) electrons. The number of morpholine rings is 1. The van der Waals surface area contributed by atoms with E-state index in [1.807, 2.05) is 0 Å². The fourth-order valence-corrected chi connectivity index (χ4v) is 5.55. The standard InChI is InChI=1S/C24H27F2N5O6S/c1-4-29-21-14(12-30(24(29)32)22-19(25)17(35-2)10-18(36-3)20(22)26)11-27-23-16(21)9-15(31(23)38(33)34)13-28-5-7-37-8-6-28/h9-11H,4-8,12-13H2,1-3H3,(H,33,34)/p-1. The van der Waals surface area contributed by atoms with E-state index in [0.29, 0.717) is 55.2 Å². The summed E-state index contributed by atoms with van der Waals surface area (Å²) in [6.45, 7) is 4.39. The second kappa shape index (κ2) is 10.4. The van der Waals surface area contributed by atoms with E-state index < -0.39 is 34.6 Å². The van der Waals surface area contributed by atoms with Gasteiger partial charge in [-0.2, -0.15) is 0 Å². The van der Waals surface area contributed by atoms with E-state index in [4.69, 9.17) is 14.2 Å². The number of hydrogen-bond donors (Lipinski definition) is 0. The van der Waals surface area contributed by atoms with E-state index in [1.165, 1.54) is 25.3 Å². The molecular weight excluding hydrogens is 524 g/mol. The van der Waals surface area contributed by atoms with Crippen LogP contribution in [0.3, 0.4) is 0 Å². The van der Waals surface area contributed by atoms with Crippen LogP contribution in [0.2, 0.25) is 0 Å². The summed E-state index contributed by atoms with van der Waals surface area (Å²) in [5.74, 6) is -2.66. The van der Waals surface area contributed by atoms with Crippen LogP contribution in [0.5, 0.6) is 11.5 Å². The number of halogens is 2. The average molecular weight is 551 g/mol. The van der Waals surface area contributed by atoms with Gasteiger partial charge in [-0.1, -0.05) is 0 Å². The highest BCUT2D eigenvalue weighted by atomic mass is 32.2. The molecule has 2 aliphatic rings. The molecule has 1 atom stereocenters. The maximum atomic E-state index is 15.3. The number of aromatic nitrogens is 2. The number of rotatable bonds is 7. The Morgan fingerprint density at radius 1 is 1.11 bits per heavy atom. The minimum atomic E-state index is -2.66. The summed E-state index contributed by atoms with van der Waals surface area (Å²) >= 11 is -2.66. The number of nitrogens with zero attached hydrogens (tertiary/aromatic N) is 5. The van der Waals surface area contributed by atoms with Crippen LogP contribution in [-0.4, -0.2) is 75.7 Å². The number of amides is 2. The van der Waals surface area contributed by atoms with E-state index in [9.17, 15) is 13.6 Å². The van der Waals surface area contributed by atoms with E-state index in [-0.39, 0.29) is 30.2 Å². The molecule has 0 saturated carbocycles. The second-order valence-corrected chi connectivity index (χ2v) is 9.58. The number of carbonyl (C=O) groups excluding carboxylic acids is 1. The van der Waals surface area contributed by atoms with Gasteiger partial charge in [0.1, 0.15) is 5.69 Å². The summed E-state index contributed by atoms with van der Waals surface area (Å²) in [7, 11) is 2.45. The van der Waals surface area contributed by atoms with Crippen molar-refractivity contribution in [1.82, 2.24) is 13.9 Å². The molecule has 3 aromatic rings. The molecule has 2 aliphatic heterocycles. The molecule has 0 spiro atoms. The topological polar surface area (TPSA) is 112 Å². The van der Waals surface area contributed by atoms with Gasteiger partial charge in [-0.05, 0) is 13.0 Å². The number of ether oxygens (including phenoxy) is 3. The monoisotopic (exact) mass is 550 g/mol. The van der Waals surface area contributed by atoms with E-state index in [0.717, 1.165) is 14.9 Å². The summed E-state index contributed by atoms with van der Waals surface area (Å²) in [4.78, 5) is 22.4. The number of benzene rings is 1. The highest BCUT2D eigenvalue weighted by Gasteiger charge is 2.37. The van der Waals surface area contributed by atoms with Crippen LogP contribution in [0.4, 0.5) is 25.0 Å². The van der Waals surface area contributed by atoms with E-state index in [1.54, 1.807) is 13.0 Å². The predicted octanol–water partition coefficient (Wildman–Crippen LogP) is 2.77. The molecule has 4 heterocycles. The van der Waals surface area contributed by atoms with Crippen LogP contribution in [0, 0.1) is 11.6 Å². The Labute approximate surface area is 219 Å². The second-order valence-electron chi connectivity index (χ2n) is 8.78. The minimum absolute atomic E-state index is 0.149. The number of methoxy groups -OCH3 is 2. The first-order chi connectivity index (χ1) is 18.3. The highest BCUT2D eigenvalue weighted by Crippen LogP contribution is 2.42.